The zero-order chi connectivity index (χ0) is 17.6. The molecule has 1 amide bonds. The molecule has 0 saturated carbocycles. The predicted molar refractivity (Wildman–Crippen MR) is 98.1 cm³/mol. The summed E-state index contributed by atoms with van der Waals surface area (Å²) in [5.74, 6) is 0.673. The summed E-state index contributed by atoms with van der Waals surface area (Å²) in [6.07, 6.45) is 5.47. The lowest BCUT2D eigenvalue weighted by Gasteiger charge is -2.38. The van der Waals surface area contributed by atoms with Crippen LogP contribution in [0.1, 0.15) is 57.1 Å². The second kappa shape index (κ2) is 8.81. The van der Waals surface area contributed by atoms with Gasteiger partial charge >= 0.3 is 0 Å². The Bertz CT molecular complexity index is 537. The van der Waals surface area contributed by atoms with E-state index in [-0.39, 0.29) is 17.9 Å². The molecular formula is C21H31NO3. The summed E-state index contributed by atoms with van der Waals surface area (Å²) in [7, 11) is 0. The summed E-state index contributed by atoms with van der Waals surface area (Å²) >= 11 is 0. The van der Waals surface area contributed by atoms with E-state index in [4.69, 9.17) is 4.74 Å². The Kier molecular flexibility index (Phi) is 6.49. The van der Waals surface area contributed by atoms with Crippen LogP contribution in [0.25, 0.3) is 0 Å². The Labute approximate surface area is 151 Å². The van der Waals surface area contributed by atoms with Gasteiger partial charge in [0.2, 0.25) is 5.91 Å². The summed E-state index contributed by atoms with van der Waals surface area (Å²) in [6.45, 7) is 4.41. The van der Waals surface area contributed by atoms with Crippen molar-refractivity contribution in [2.45, 2.75) is 57.7 Å². The maximum Gasteiger partial charge on any atom is 0.225 e. The van der Waals surface area contributed by atoms with Crippen molar-refractivity contribution in [2.24, 2.45) is 11.8 Å². The maximum atomic E-state index is 12.9. The molecule has 2 aliphatic rings. The molecule has 3 rings (SSSR count). The summed E-state index contributed by atoms with van der Waals surface area (Å²) < 4.78 is 5.78. The van der Waals surface area contributed by atoms with Crippen LogP contribution >= 0.6 is 0 Å². The molecule has 0 bridgehead atoms. The molecule has 4 heteroatoms. The van der Waals surface area contributed by atoms with Gasteiger partial charge in [0.25, 0.3) is 0 Å². The van der Waals surface area contributed by atoms with Crippen LogP contribution in [0, 0.1) is 11.8 Å². The van der Waals surface area contributed by atoms with Crippen molar-refractivity contribution in [2.75, 3.05) is 19.7 Å². The van der Waals surface area contributed by atoms with Crippen molar-refractivity contribution in [3.63, 3.8) is 0 Å². The summed E-state index contributed by atoms with van der Waals surface area (Å²) in [4.78, 5) is 14.9. The molecule has 0 aromatic heterocycles. The maximum absolute atomic E-state index is 12.9. The average Bonchev–Trinajstić information content (AvgIpc) is 2.68. The highest BCUT2D eigenvalue weighted by Gasteiger charge is 2.33. The molecule has 2 aliphatic heterocycles. The van der Waals surface area contributed by atoms with Gasteiger partial charge in [0, 0.05) is 25.6 Å². The van der Waals surface area contributed by atoms with E-state index in [1.165, 1.54) is 0 Å². The number of hydrogen-bond donors (Lipinski definition) is 1. The van der Waals surface area contributed by atoms with E-state index in [9.17, 15) is 9.90 Å². The van der Waals surface area contributed by atoms with E-state index < -0.39 is 6.10 Å². The van der Waals surface area contributed by atoms with Gasteiger partial charge in [-0.1, -0.05) is 43.7 Å². The zero-order valence-corrected chi connectivity index (χ0v) is 15.3. The standard InChI is InChI=1S/C21H31NO3/c1-2-6-19-15-18(11-14-25-19)21(24)22-12-9-17(10-13-22)20(23)16-7-4-3-5-8-16/h3-5,7-8,17-20,23H,2,6,9-15H2,1H3. The molecule has 1 N–H and O–H groups in total. The number of aliphatic hydroxyl groups excluding tert-OH is 1. The first-order valence-electron chi connectivity index (χ1n) is 9.82. The third kappa shape index (κ3) is 4.62. The average molecular weight is 345 g/mol. The van der Waals surface area contributed by atoms with Crippen LogP contribution in [-0.2, 0) is 9.53 Å². The van der Waals surface area contributed by atoms with Gasteiger partial charge in [0.15, 0.2) is 0 Å². The lowest BCUT2D eigenvalue weighted by atomic mass is 9.86. The van der Waals surface area contributed by atoms with E-state index in [1.807, 2.05) is 35.2 Å². The summed E-state index contributed by atoms with van der Waals surface area (Å²) in [5.41, 5.74) is 0.985. The quantitative estimate of drug-likeness (QED) is 0.888. The number of carbonyl (C=O) groups is 1. The highest BCUT2D eigenvalue weighted by molar-refractivity contribution is 5.79. The SMILES string of the molecule is CCCC1CC(C(=O)N2CCC(C(O)c3ccccc3)CC2)CCO1. The van der Waals surface area contributed by atoms with Crippen molar-refractivity contribution < 1.29 is 14.6 Å². The van der Waals surface area contributed by atoms with Gasteiger partial charge in [0.1, 0.15) is 0 Å². The number of rotatable bonds is 5. The number of benzene rings is 1. The molecule has 2 saturated heterocycles. The highest BCUT2D eigenvalue weighted by Crippen LogP contribution is 2.32. The first-order valence-corrected chi connectivity index (χ1v) is 9.82. The molecule has 25 heavy (non-hydrogen) atoms. The second-order valence-corrected chi connectivity index (χ2v) is 7.52. The fourth-order valence-corrected chi connectivity index (χ4v) is 4.24. The van der Waals surface area contributed by atoms with Crippen LogP contribution in [0.15, 0.2) is 30.3 Å². The minimum atomic E-state index is -0.421. The number of piperidine rings is 1. The van der Waals surface area contributed by atoms with Crippen LogP contribution in [0.3, 0.4) is 0 Å². The second-order valence-electron chi connectivity index (χ2n) is 7.52. The van der Waals surface area contributed by atoms with Crippen LogP contribution < -0.4 is 0 Å². The van der Waals surface area contributed by atoms with Gasteiger partial charge in [-0.05, 0) is 43.6 Å². The minimum Gasteiger partial charge on any atom is -0.388 e. The third-order valence-corrected chi connectivity index (χ3v) is 5.77. The lowest BCUT2D eigenvalue weighted by Crippen LogP contribution is -2.45. The number of aliphatic hydroxyl groups is 1. The third-order valence-electron chi connectivity index (χ3n) is 5.77. The Balaban J connectivity index is 1.51. The van der Waals surface area contributed by atoms with Gasteiger partial charge in [0.05, 0.1) is 12.2 Å². The predicted octanol–water partition coefficient (Wildman–Crippen LogP) is 3.55. The van der Waals surface area contributed by atoms with Gasteiger partial charge in [-0.15, -0.1) is 0 Å². The van der Waals surface area contributed by atoms with E-state index in [0.717, 1.165) is 57.2 Å². The van der Waals surface area contributed by atoms with E-state index in [1.54, 1.807) is 0 Å². The minimum absolute atomic E-state index is 0.126. The molecule has 3 unspecified atom stereocenters. The van der Waals surface area contributed by atoms with Crippen LogP contribution in [0.2, 0.25) is 0 Å². The molecule has 3 atom stereocenters. The Morgan fingerprint density at radius 3 is 2.64 bits per heavy atom. The normalized spacial score (nSPS) is 26.4. The number of carbonyl (C=O) groups excluding carboxylic acids is 1. The first-order chi connectivity index (χ1) is 12.2. The zero-order valence-electron chi connectivity index (χ0n) is 15.3. The van der Waals surface area contributed by atoms with Crippen LogP contribution in [-0.4, -0.2) is 41.7 Å². The van der Waals surface area contributed by atoms with Crippen molar-refractivity contribution in [1.29, 1.82) is 0 Å². The number of nitrogens with zero attached hydrogens (tertiary/aromatic N) is 1. The number of hydrogen-bond acceptors (Lipinski definition) is 3. The topological polar surface area (TPSA) is 49.8 Å². The first kappa shape index (κ1) is 18.4. The highest BCUT2D eigenvalue weighted by atomic mass is 16.5. The number of likely N-dealkylation sites (tertiary alicyclic amines) is 1. The molecule has 2 heterocycles. The summed E-state index contributed by atoms with van der Waals surface area (Å²) in [6, 6.07) is 9.87. The van der Waals surface area contributed by atoms with Gasteiger partial charge in [-0.3, -0.25) is 4.79 Å². The molecule has 0 aliphatic carbocycles. The molecule has 0 radical (unpaired) electrons. The number of ether oxygens (including phenoxy) is 1. The number of amides is 1. The molecule has 1 aromatic carbocycles. The molecule has 2 fully saturated rings. The van der Waals surface area contributed by atoms with Gasteiger partial charge < -0.3 is 14.7 Å². The fourth-order valence-electron chi connectivity index (χ4n) is 4.24. The van der Waals surface area contributed by atoms with Crippen molar-refractivity contribution in [3.8, 4) is 0 Å². The van der Waals surface area contributed by atoms with E-state index in [0.29, 0.717) is 12.5 Å². The smallest absolute Gasteiger partial charge is 0.225 e. The van der Waals surface area contributed by atoms with Gasteiger partial charge in [-0.25, -0.2) is 0 Å². The molecule has 138 valence electrons. The summed E-state index contributed by atoms with van der Waals surface area (Å²) in [5, 5.41) is 10.6. The van der Waals surface area contributed by atoms with Crippen molar-refractivity contribution in [3.05, 3.63) is 35.9 Å². The Morgan fingerprint density at radius 2 is 1.96 bits per heavy atom. The Morgan fingerprint density at radius 1 is 1.24 bits per heavy atom. The van der Waals surface area contributed by atoms with Crippen molar-refractivity contribution >= 4 is 5.91 Å². The molecule has 1 aromatic rings. The van der Waals surface area contributed by atoms with E-state index >= 15 is 0 Å². The fraction of sp³-hybridized carbons (Fsp3) is 0.667. The largest absolute Gasteiger partial charge is 0.388 e. The molecular weight excluding hydrogens is 314 g/mol. The van der Waals surface area contributed by atoms with E-state index in [2.05, 4.69) is 6.92 Å². The Hall–Kier alpha value is -1.39. The lowest BCUT2D eigenvalue weighted by molar-refractivity contribution is -0.142. The van der Waals surface area contributed by atoms with Crippen LogP contribution in [0.4, 0.5) is 0 Å². The molecule has 4 nitrogen and oxygen atoms in total. The molecule has 0 spiro atoms. The monoisotopic (exact) mass is 345 g/mol. The van der Waals surface area contributed by atoms with Gasteiger partial charge in [-0.2, -0.15) is 0 Å². The van der Waals surface area contributed by atoms with Crippen molar-refractivity contribution in [1.82, 2.24) is 4.90 Å². The van der Waals surface area contributed by atoms with Crippen LogP contribution in [0.5, 0.6) is 0 Å².